The van der Waals surface area contributed by atoms with Gasteiger partial charge in [0.2, 0.25) is 27.6 Å². The van der Waals surface area contributed by atoms with E-state index in [4.69, 9.17) is 15.9 Å². The van der Waals surface area contributed by atoms with Crippen LogP contribution in [-0.4, -0.2) is 97.0 Å². The molecule has 1 fully saturated rings. The zero-order chi connectivity index (χ0) is 30.7. The van der Waals surface area contributed by atoms with E-state index in [1.807, 2.05) is 0 Å². The van der Waals surface area contributed by atoms with Crippen LogP contribution in [0.15, 0.2) is 41.9 Å². The highest BCUT2D eigenvalue weighted by Crippen LogP contribution is 2.22. The predicted octanol–water partition coefficient (Wildman–Crippen LogP) is 0.0699. The Morgan fingerprint density at radius 3 is 2.62 bits per heavy atom. The fourth-order valence-electron chi connectivity index (χ4n) is 4.45. The van der Waals surface area contributed by atoms with Crippen LogP contribution in [0.3, 0.4) is 0 Å². The largest absolute Gasteiger partial charge is 0.466 e. The van der Waals surface area contributed by atoms with Gasteiger partial charge in [-0.2, -0.15) is 4.31 Å². The van der Waals surface area contributed by atoms with Gasteiger partial charge in [-0.05, 0) is 25.3 Å². The van der Waals surface area contributed by atoms with Gasteiger partial charge in [0.25, 0.3) is 0 Å². The smallest absolute Gasteiger partial charge is 0.307 e. The number of thiazole rings is 1. The number of piperazine rings is 1. The Hall–Kier alpha value is -3.89. The number of aromatic nitrogens is 1. The zero-order valence-corrected chi connectivity index (χ0v) is 24.8. The summed E-state index contributed by atoms with van der Waals surface area (Å²) in [5.41, 5.74) is 5.82. The summed E-state index contributed by atoms with van der Waals surface area (Å²) in [6.45, 7) is 1.29. The minimum absolute atomic E-state index is 0.0546. The molecule has 2 amide bonds. The molecule has 0 spiro atoms. The van der Waals surface area contributed by atoms with Crippen LogP contribution in [-0.2, 0) is 34.9 Å². The second-order valence-electron chi connectivity index (χ2n) is 9.44. The summed E-state index contributed by atoms with van der Waals surface area (Å²) in [4.78, 5) is 57.1. The molecule has 16 heteroatoms. The number of ketones is 1. The molecule has 42 heavy (non-hydrogen) atoms. The number of hydrogen-bond acceptors (Lipinski definition) is 10. The van der Waals surface area contributed by atoms with Gasteiger partial charge in [0, 0.05) is 31.2 Å². The number of nitrogens with two attached hydrogens (primary N) is 1. The summed E-state index contributed by atoms with van der Waals surface area (Å²) in [6, 6.07) is 6.13. The first-order valence-electron chi connectivity index (χ1n) is 13.3. The topological polar surface area (TPSA) is 205 Å². The quantitative estimate of drug-likeness (QED) is 0.0692. The van der Waals surface area contributed by atoms with Gasteiger partial charge in [0.15, 0.2) is 11.0 Å². The van der Waals surface area contributed by atoms with Crippen molar-refractivity contribution in [1.82, 2.24) is 24.8 Å². The van der Waals surface area contributed by atoms with Gasteiger partial charge in [0.1, 0.15) is 6.04 Å². The number of carbonyl (C=O) groups excluding carboxylic acids is 4. The van der Waals surface area contributed by atoms with Gasteiger partial charge < -0.3 is 26.0 Å². The molecule has 0 aliphatic carbocycles. The predicted molar refractivity (Wildman–Crippen MR) is 155 cm³/mol. The highest BCUT2D eigenvalue weighted by molar-refractivity contribution is 7.88. The van der Waals surface area contributed by atoms with Crippen LogP contribution in [0, 0.1) is 5.41 Å². The van der Waals surface area contributed by atoms with Crippen molar-refractivity contribution in [2.75, 3.05) is 32.8 Å². The summed E-state index contributed by atoms with van der Waals surface area (Å²) in [7, 11) is -4.01. The minimum atomic E-state index is -4.01. The first-order valence-corrected chi connectivity index (χ1v) is 15.8. The van der Waals surface area contributed by atoms with Gasteiger partial charge in [-0.1, -0.05) is 30.3 Å². The molecular formula is C26H35N7O7S2. The molecule has 1 aromatic heterocycles. The number of ether oxygens (including phenoxy) is 1. The number of hydrogen-bond donors (Lipinski definition) is 4. The SMILES string of the molecule is CCOC(=O)C[C@@H]1C(=O)N(CC(=O)N[C@@H](CCCNC(=N)N)C(=O)c2nccs2)CCN1S(=O)(=O)Cc1ccccc1. The lowest BCUT2D eigenvalue weighted by atomic mass is 10.1. The number of carbonyl (C=O) groups is 4. The minimum Gasteiger partial charge on any atom is -0.466 e. The average molecular weight is 622 g/mol. The van der Waals surface area contributed by atoms with E-state index in [-0.39, 0.29) is 42.8 Å². The number of rotatable bonds is 15. The molecule has 0 saturated carbocycles. The summed E-state index contributed by atoms with van der Waals surface area (Å²) in [5, 5.41) is 14.4. The monoisotopic (exact) mass is 621 g/mol. The van der Waals surface area contributed by atoms with Crippen LogP contribution < -0.4 is 16.4 Å². The van der Waals surface area contributed by atoms with Gasteiger partial charge in [-0.15, -0.1) is 11.3 Å². The summed E-state index contributed by atoms with van der Waals surface area (Å²) >= 11 is 1.13. The average Bonchev–Trinajstić information content (AvgIpc) is 3.47. The van der Waals surface area contributed by atoms with E-state index in [0.29, 0.717) is 18.5 Å². The highest BCUT2D eigenvalue weighted by atomic mass is 32.2. The first kappa shape index (κ1) is 32.6. The molecule has 0 bridgehead atoms. The number of esters is 1. The van der Waals surface area contributed by atoms with Crippen molar-refractivity contribution in [3.05, 3.63) is 52.5 Å². The molecular weight excluding hydrogens is 586 g/mol. The molecule has 1 saturated heterocycles. The van der Waals surface area contributed by atoms with Crippen molar-refractivity contribution in [3.8, 4) is 0 Å². The van der Waals surface area contributed by atoms with E-state index in [2.05, 4.69) is 15.6 Å². The van der Waals surface area contributed by atoms with Crippen molar-refractivity contribution in [3.63, 3.8) is 0 Å². The lowest BCUT2D eigenvalue weighted by Gasteiger charge is -2.39. The van der Waals surface area contributed by atoms with Gasteiger partial charge in [-0.25, -0.2) is 13.4 Å². The van der Waals surface area contributed by atoms with E-state index < -0.39 is 58.6 Å². The van der Waals surface area contributed by atoms with Gasteiger partial charge in [0.05, 0.1) is 31.4 Å². The summed E-state index contributed by atoms with van der Waals surface area (Å²) in [6.07, 6.45) is 1.59. The van der Waals surface area contributed by atoms with Crippen molar-refractivity contribution in [1.29, 1.82) is 5.41 Å². The maximum atomic E-state index is 13.5. The van der Waals surface area contributed by atoms with Crippen LogP contribution >= 0.6 is 11.3 Å². The van der Waals surface area contributed by atoms with Crippen molar-refractivity contribution < 1.29 is 32.3 Å². The third-order valence-corrected chi connectivity index (χ3v) is 9.00. The Bertz CT molecular complexity index is 1350. The number of sulfonamides is 1. The molecule has 228 valence electrons. The Balaban J connectivity index is 1.73. The second kappa shape index (κ2) is 15.4. The molecule has 3 rings (SSSR count). The second-order valence-corrected chi connectivity index (χ2v) is 12.3. The van der Waals surface area contributed by atoms with Gasteiger partial charge >= 0.3 is 5.97 Å². The molecule has 0 unspecified atom stereocenters. The fraction of sp³-hybridized carbons (Fsp3) is 0.462. The number of nitrogens with one attached hydrogen (secondary N) is 3. The van der Waals surface area contributed by atoms with E-state index in [9.17, 15) is 27.6 Å². The summed E-state index contributed by atoms with van der Waals surface area (Å²) in [5.74, 6) is -3.06. The van der Waals surface area contributed by atoms with E-state index in [1.165, 1.54) is 11.1 Å². The molecule has 1 aliphatic heterocycles. The number of amides is 2. The van der Waals surface area contributed by atoms with Crippen molar-refractivity contribution in [2.45, 2.75) is 44.0 Å². The zero-order valence-electron chi connectivity index (χ0n) is 23.2. The summed E-state index contributed by atoms with van der Waals surface area (Å²) < 4.78 is 32.7. The van der Waals surface area contributed by atoms with E-state index in [0.717, 1.165) is 15.6 Å². The molecule has 0 radical (unpaired) electrons. The van der Waals surface area contributed by atoms with E-state index in [1.54, 1.807) is 42.6 Å². The Kier molecular flexibility index (Phi) is 11.9. The normalized spacial score (nSPS) is 16.5. The standard InChI is InChI=1S/C26H35N7O7S2/c1-2-40-22(35)15-20-25(37)32(12-13-33(20)42(38,39)17-18-7-4-3-5-8-18)16-21(34)31-19(9-6-10-30-26(27)28)23(36)24-29-11-14-41-24/h3-5,7-8,11,14,19-20H,2,6,9-10,12-13,15-17H2,1H3,(H,31,34)(H4,27,28,30)/t19-,20+/m0/s1. The maximum absolute atomic E-state index is 13.5. The van der Waals surface area contributed by atoms with Crippen LogP contribution in [0.2, 0.25) is 0 Å². The van der Waals surface area contributed by atoms with Crippen molar-refractivity contribution >= 4 is 50.9 Å². The maximum Gasteiger partial charge on any atom is 0.307 e. The molecule has 1 aromatic carbocycles. The Morgan fingerprint density at radius 2 is 1.98 bits per heavy atom. The Morgan fingerprint density at radius 1 is 1.24 bits per heavy atom. The van der Waals surface area contributed by atoms with E-state index >= 15 is 0 Å². The van der Waals surface area contributed by atoms with Crippen LogP contribution in [0.25, 0.3) is 0 Å². The van der Waals surface area contributed by atoms with Crippen LogP contribution in [0.5, 0.6) is 0 Å². The number of benzene rings is 1. The number of nitrogens with zero attached hydrogens (tertiary/aromatic N) is 3. The number of Topliss-reactive ketones (excluding diaryl/α,β-unsaturated/α-hetero) is 1. The molecule has 14 nitrogen and oxygen atoms in total. The fourth-order valence-corrected chi connectivity index (χ4v) is 6.77. The highest BCUT2D eigenvalue weighted by Gasteiger charge is 2.43. The third kappa shape index (κ3) is 9.32. The van der Waals surface area contributed by atoms with Crippen LogP contribution in [0.1, 0.15) is 41.6 Å². The number of guanidine groups is 1. The third-order valence-electron chi connectivity index (χ3n) is 6.36. The van der Waals surface area contributed by atoms with Crippen molar-refractivity contribution in [2.24, 2.45) is 5.73 Å². The van der Waals surface area contributed by atoms with Crippen LogP contribution in [0.4, 0.5) is 0 Å². The van der Waals surface area contributed by atoms with Gasteiger partial charge in [-0.3, -0.25) is 24.6 Å². The molecule has 2 aromatic rings. The molecule has 2 heterocycles. The molecule has 1 aliphatic rings. The molecule has 2 atom stereocenters. The lowest BCUT2D eigenvalue weighted by Crippen LogP contribution is -2.61. The first-order chi connectivity index (χ1) is 20.0. The molecule has 5 N–H and O–H groups in total. The Labute approximate surface area is 248 Å². The lowest BCUT2D eigenvalue weighted by molar-refractivity contribution is -0.150.